The van der Waals surface area contributed by atoms with Gasteiger partial charge in [-0.2, -0.15) is 0 Å². The quantitative estimate of drug-likeness (QED) is 0.157. The number of carboxylic acids is 1. The molecule has 5 aliphatic rings. The van der Waals surface area contributed by atoms with E-state index in [9.17, 15) is 24.8 Å². The average molecular weight is 587 g/mol. The fraction of sp³-hybridized carbons (Fsp3) is 0.676. The molecule has 0 aromatic heterocycles. The van der Waals surface area contributed by atoms with Gasteiger partial charge in [0.25, 0.3) is 5.69 Å². The van der Waals surface area contributed by atoms with E-state index in [1.165, 1.54) is 6.07 Å². The van der Waals surface area contributed by atoms with E-state index in [0.29, 0.717) is 36.7 Å². The Bertz CT molecular complexity index is 1440. The van der Waals surface area contributed by atoms with Crippen LogP contribution in [0.3, 0.4) is 0 Å². The maximum Gasteiger partial charge on any atom is 0.270 e. The Morgan fingerprint density at radius 2 is 1.70 bits per heavy atom. The Morgan fingerprint density at radius 3 is 2.35 bits per heavy atom. The second-order valence-corrected chi connectivity index (χ2v) is 16.4. The van der Waals surface area contributed by atoms with Gasteiger partial charge < -0.3 is 9.90 Å². The highest BCUT2D eigenvalue weighted by molar-refractivity contribution is 6.04. The van der Waals surface area contributed by atoms with Crippen LogP contribution in [0.2, 0.25) is 0 Å². The number of ketones is 1. The SMILES string of the molecule is C=C(C)C1CC[C@]2(C(=O)[O-])CC[C@@]3(C)C(CCC4[C@@]5(C)CC(=Cc6cccc([N+](=O)[O-])c6)C(=O)C(C)(C)C5CC[C@]43C)C12. The number of nitro groups is 1. The Balaban J connectivity index is 1.41. The Labute approximate surface area is 256 Å². The normalized spacial score (nSPS) is 44.1. The molecule has 6 rings (SSSR count). The topological polar surface area (TPSA) is 100 Å². The molecule has 0 saturated heterocycles. The van der Waals surface area contributed by atoms with E-state index in [-0.39, 0.29) is 50.4 Å². The summed E-state index contributed by atoms with van der Waals surface area (Å²) in [7, 11) is 0. The molecule has 5 saturated carbocycles. The van der Waals surface area contributed by atoms with Crippen LogP contribution < -0.4 is 5.11 Å². The maximum atomic E-state index is 14.1. The van der Waals surface area contributed by atoms with Gasteiger partial charge in [0.1, 0.15) is 0 Å². The van der Waals surface area contributed by atoms with Gasteiger partial charge >= 0.3 is 0 Å². The zero-order chi connectivity index (χ0) is 31.3. The predicted molar refractivity (Wildman–Crippen MR) is 165 cm³/mol. The van der Waals surface area contributed by atoms with Crippen molar-refractivity contribution < 1.29 is 19.6 Å². The fourth-order valence-corrected chi connectivity index (χ4v) is 12.4. The minimum Gasteiger partial charge on any atom is -0.550 e. The number of hydrogen-bond acceptors (Lipinski definition) is 5. The van der Waals surface area contributed by atoms with E-state index >= 15 is 0 Å². The highest BCUT2D eigenvalue weighted by Crippen LogP contribution is 2.77. The van der Waals surface area contributed by atoms with Gasteiger partial charge in [-0.3, -0.25) is 14.9 Å². The minimum absolute atomic E-state index is 0.00852. The molecule has 0 aliphatic heterocycles. The molecule has 232 valence electrons. The lowest BCUT2D eigenvalue weighted by atomic mass is 9.32. The number of nitrogens with zero attached hydrogens (tertiary/aromatic N) is 1. The summed E-state index contributed by atoms with van der Waals surface area (Å²) < 4.78 is 0. The van der Waals surface area contributed by atoms with Gasteiger partial charge in [0.15, 0.2) is 5.78 Å². The second-order valence-electron chi connectivity index (χ2n) is 16.4. The third-order valence-corrected chi connectivity index (χ3v) is 14.5. The third-order valence-electron chi connectivity index (χ3n) is 14.5. The molecule has 9 atom stereocenters. The summed E-state index contributed by atoms with van der Waals surface area (Å²) in [6.45, 7) is 18.0. The summed E-state index contributed by atoms with van der Waals surface area (Å²) in [4.78, 5) is 37.9. The molecule has 0 spiro atoms. The smallest absolute Gasteiger partial charge is 0.270 e. The van der Waals surface area contributed by atoms with Crippen LogP contribution in [0.25, 0.3) is 6.08 Å². The van der Waals surface area contributed by atoms with Crippen molar-refractivity contribution in [1.82, 2.24) is 0 Å². The van der Waals surface area contributed by atoms with Crippen molar-refractivity contribution >= 4 is 23.5 Å². The van der Waals surface area contributed by atoms with Crippen molar-refractivity contribution in [3.63, 3.8) is 0 Å². The number of carbonyl (C=O) groups is 2. The lowest BCUT2D eigenvalue weighted by Gasteiger charge is -2.72. The zero-order valence-electron chi connectivity index (χ0n) is 26.8. The molecule has 0 radical (unpaired) electrons. The molecule has 5 aliphatic carbocycles. The van der Waals surface area contributed by atoms with Gasteiger partial charge in [-0.15, -0.1) is 0 Å². The Kier molecular flexibility index (Phi) is 6.77. The second kappa shape index (κ2) is 9.62. The highest BCUT2D eigenvalue weighted by Gasteiger charge is 2.71. The van der Waals surface area contributed by atoms with E-state index in [1.807, 2.05) is 12.1 Å². The van der Waals surface area contributed by atoms with E-state index in [0.717, 1.165) is 49.7 Å². The number of aliphatic carboxylic acids is 1. The Morgan fingerprint density at radius 1 is 0.977 bits per heavy atom. The number of nitro benzene ring substituents is 1. The van der Waals surface area contributed by atoms with Gasteiger partial charge in [0.2, 0.25) is 0 Å². The lowest BCUT2D eigenvalue weighted by Crippen LogP contribution is -2.67. The van der Waals surface area contributed by atoms with Gasteiger partial charge in [-0.1, -0.05) is 58.9 Å². The Hall–Kier alpha value is -2.76. The van der Waals surface area contributed by atoms with Crippen molar-refractivity contribution in [2.45, 2.75) is 99.3 Å². The van der Waals surface area contributed by atoms with Crippen molar-refractivity contribution in [1.29, 1.82) is 0 Å². The van der Waals surface area contributed by atoms with Crippen LogP contribution in [0.1, 0.15) is 105 Å². The van der Waals surface area contributed by atoms with Crippen LogP contribution in [0.15, 0.2) is 42.0 Å². The van der Waals surface area contributed by atoms with Gasteiger partial charge in [-0.05, 0) is 128 Å². The molecule has 0 bridgehead atoms. The standard InChI is InChI=1S/C37H49NO5/c1-22(2)26-13-16-37(32(40)41)18-17-35(6)27(30(26)37)11-12-29-34(5)21-24(19-23-9-8-10-25(20-23)38(42)43)31(39)33(3,4)28(34)14-15-36(29,35)7/h8-10,19-20,26-30H,1,11-18,21H2,2-7H3,(H,40,41)/p-1/t26?,27?,28?,29?,30?,34-,35-,36+,37-/m0/s1. The number of carbonyl (C=O) groups excluding carboxylic acids is 2. The number of non-ortho nitro benzene ring substituents is 1. The number of rotatable bonds is 4. The first-order valence-corrected chi connectivity index (χ1v) is 16.4. The van der Waals surface area contributed by atoms with Crippen molar-refractivity contribution in [3.8, 4) is 0 Å². The summed E-state index contributed by atoms with van der Waals surface area (Å²) in [5.41, 5.74) is 1.22. The average Bonchev–Trinajstić information content (AvgIpc) is 3.34. The van der Waals surface area contributed by atoms with Gasteiger partial charge in [0.05, 0.1) is 4.92 Å². The van der Waals surface area contributed by atoms with Crippen molar-refractivity contribution in [3.05, 3.63) is 57.7 Å². The van der Waals surface area contributed by atoms with E-state index in [2.05, 4.69) is 48.1 Å². The minimum atomic E-state index is -0.852. The van der Waals surface area contributed by atoms with E-state index in [4.69, 9.17) is 0 Å². The molecular weight excluding hydrogens is 538 g/mol. The molecule has 5 unspecified atom stereocenters. The summed E-state index contributed by atoms with van der Waals surface area (Å²) >= 11 is 0. The van der Waals surface area contributed by atoms with E-state index < -0.39 is 16.8 Å². The molecule has 0 amide bonds. The van der Waals surface area contributed by atoms with Crippen LogP contribution in [0, 0.1) is 66.8 Å². The van der Waals surface area contributed by atoms with Gasteiger partial charge in [-0.25, -0.2) is 0 Å². The van der Waals surface area contributed by atoms with Crippen LogP contribution in [-0.2, 0) is 9.59 Å². The van der Waals surface area contributed by atoms with Gasteiger partial charge in [0, 0.05) is 28.9 Å². The van der Waals surface area contributed by atoms with E-state index in [1.54, 1.807) is 12.1 Å². The number of hydrogen-bond donors (Lipinski definition) is 0. The summed E-state index contributed by atoms with van der Waals surface area (Å²) in [5.74, 6) is 0.555. The first-order valence-electron chi connectivity index (χ1n) is 16.4. The molecule has 43 heavy (non-hydrogen) atoms. The number of allylic oxidation sites excluding steroid dienone is 2. The molecule has 0 N–H and O–H groups in total. The first-order chi connectivity index (χ1) is 20.0. The molecule has 6 heteroatoms. The molecular formula is C37H48NO5-. The summed E-state index contributed by atoms with van der Waals surface area (Å²) in [6, 6.07) is 6.57. The summed E-state index contributed by atoms with van der Waals surface area (Å²) in [5, 5.41) is 24.3. The van der Waals surface area contributed by atoms with Crippen LogP contribution >= 0.6 is 0 Å². The third kappa shape index (κ3) is 3.96. The monoisotopic (exact) mass is 586 g/mol. The number of Topliss-reactive ketones (excluding diaryl/α,β-unsaturated/α-hetero) is 1. The first kappa shape index (κ1) is 30.3. The fourth-order valence-electron chi connectivity index (χ4n) is 12.4. The largest absolute Gasteiger partial charge is 0.550 e. The van der Waals surface area contributed by atoms with Crippen molar-refractivity contribution in [2.75, 3.05) is 0 Å². The number of fused-ring (bicyclic) bond motifs is 7. The van der Waals surface area contributed by atoms with Crippen molar-refractivity contribution in [2.24, 2.45) is 56.7 Å². The van der Waals surface area contributed by atoms with Crippen LogP contribution in [-0.4, -0.2) is 16.7 Å². The summed E-state index contributed by atoms with van der Waals surface area (Å²) in [6.07, 6.45) is 9.81. The number of benzene rings is 1. The maximum absolute atomic E-state index is 14.1. The molecule has 6 nitrogen and oxygen atoms in total. The zero-order valence-corrected chi connectivity index (χ0v) is 26.8. The lowest BCUT2D eigenvalue weighted by molar-refractivity contribution is -0.384. The molecule has 5 fully saturated rings. The molecule has 1 aromatic rings. The number of carboxylic acid groups (broad SMARTS) is 1. The highest BCUT2D eigenvalue weighted by atomic mass is 16.6. The molecule has 0 heterocycles. The predicted octanol–water partition coefficient (Wildman–Crippen LogP) is 7.56. The van der Waals surface area contributed by atoms with Crippen LogP contribution in [0.4, 0.5) is 5.69 Å². The van der Waals surface area contributed by atoms with Crippen LogP contribution in [0.5, 0.6) is 0 Å². The molecule has 1 aromatic carbocycles.